The third-order valence-corrected chi connectivity index (χ3v) is 5.28. The molecule has 0 atom stereocenters. The minimum atomic E-state index is -0.0711. The summed E-state index contributed by atoms with van der Waals surface area (Å²) in [5.74, 6) is 2.03. The van der Waals surface area contributed by atoms with Crippen LogP contribution in [0.15, 0.2) is 61.3 Å². The quantitative estimate of drug-likeness (QED) is 0.558. The Morgan fingerprint density at radius 3 is 2.68 bits per heavy atom. The lowest BCUT2D eigenvalue weighted by atomic mass is 9.93. The summed E-state index contributed by atoms with van der Waals surface area (Å²) in [7, 11) is 0. The second-order valence-corrected chi connectivity index (χ2v) is 7.06. The molecule has 1 fully saturated rings. The van der Waals surface area contributed by atoms with Crippen molar-refractivity contribution in [3.63, 3.8) is 0 Å². The van der Waals surface area contributed by atoms with Crippen molar-refractivity contribution in [2.24, 2.45) is 0 Å². The number of anilines is 1. The molecule has 28 heavy (non-hydrogen) atoms. The number of allylic oxidation sites excluding steroid dienone is 2. The van der Waals surface area contributed by atoms with Crippen LogP contribution in [-0.4, -0.2) is 23.7 Å². The van der Waals surface area contributed by atoms with Crippen LogP contribution in [-0.2, 0) is 4.79 Å². The Hall–Kier alpha value is -3.08. The monoisotopic (exact) mass is 376 g/mol. The number of nitrogens with zero attached hydrogens (tertiary/aromatic N) is 2. The lowest BCUT2D eigenvalue weighted by molar-refractivity contribution is -0.114. The van der Waals surface area contributed by atoms with E-state index in [-0.39, 0.29) is 18.7 Å². The van der Waals surface area contributed by atoms with Crippen molar-refractivity contribution < 1.29 is 14.3 Å². The SMILES string of the molecule is C=C/C(=C\C(=O)N(c1ccccn1)C1CCCCC1)c1ccc2c(c1)OCO2. The van der Waals surface area contributed by atoms with Gasteiger partial charge >= 0.3 is 0 Å². The van der Waals surface area contributed by atoms with Gasteiger partial charge in [-0.1, -0.05) is 44.1 Å². The Morgan fingerprint density at radius 2 is 1.93 bits per heavy atom. The third-order valence-electron chi connectivity index (χ3n) is 5.28. The molecular weight excluding hydrogens is 352 g/mol. The zero-order valence-electron chi connectivity index (χ0n) is 15.8. The Morgan fingerprint density at radius 1 is 1.11 bits per heavy atom. The van der Waals surface area contributed by atoms with Gasteiger partial charge in [0.15, 0.2) is 11.5 Å². The number of carbonyl (C=O) groups is 1. The molecule has 1 aromatic carbocycles. The fourth-order valence-electron chi connectivity index (χ4n) is 3.85. The van der Waals surface area contributed by atoms with Crippen LogP contribution in [0.5, 0.6) is 11.5 Å². The normalized spacial score (nSPS) is 16.6. The van der Waals surface area contributed by atoms with Gasteiger partial charge in [-0.05, 0) is 48.2 Å². The summed E-state index contributed by atoms with van der Waals surface area (Å²) in [5, 5.41) is 0. The first kappa shape index (κ1) is 18.3. The van der Waals surface area contributed by atoms with Gasteiger partial charge < -0.3 is 9.47 Å². The van der Waals surface area contributed by atoms with E-state index in [4.69, 9.17) is 9.47 Å². The molecule has 0 saturated heterocycles. The van der Waals surface area contributed by atoms with Crippen molar-refractivity contribution in [1.29, 1.82) is 0 Å². The lowest BCUT2D eigenvalue weighted by Gasteiger charge is -2.33. The van der Waals surface area contributed by atoms with E-state index in [0.29, 0.717) is 11.6 Å². The highest BCUT2D eigenvalue weighted by Gasteiger charge is 2.27. The summed E-state index contributed by atoms with van der Waals surface area (Å²) in [6, 6.07) is 11.5. The second kappa shape index (κ2) is 8.30. The van der Waals surface area contributed by atoms with Crippen LogP contribution in [0.2, 0.25) is 0 Å². The summed E-state index contributed by atoms with van der Waals surface area (Å²) in [4.78, 5) is 19.6. The first-order valence-electron chi connectivity index (χ1n) is 9.74. The second-order valence-electron chi connectivity index (χ2n) is 7.06. The molecule has 1 aliphatic carbocycles. The van der Waals surface area contributed by atoms with Crippen LogP contribution in [0, 0.1) is 0 Å². The van der Waals surface area contributed by atoms with Crippen LogP contribution in [0.3, 0.4) is 0 Å². The molecule has 1 aliphatic heterocycles. The molecule has 1 saturated carbocycles. The maximum absolute atomic E-state index is 13.3. The van der Waals surface area contributed by atoms with Gasteiger partial charge in [-0.15, -0.1) is 0 Å². The summed E-state index contributed by atoms with van der Waals surface area (Å²) in [5.41, 5.74) is 1.62. The lowest BCUT2D eigenvalue weighted by Crippen LogP contribution is -2.41. The van der Waals surface area contributed by atoms with Gasteiger partial charge in [-0.2, -0.15) is 0 Å². The van der Waals surface area contributed by atoms with E-state index in [9.17, 15) is 4.79 Å². The van der Waals surface area contributed by atoms with Crippen LogP contribution in [0.1, 0.15) is 37.7 Å². The Balaban J connectivity index is 1.66. The standard InChI is InChI=1S/C23H24N2O3/c1-2-17(18-11-12-20-21(14-18)28-16-27-20)15-23(26)25(19-8-4-3-5-9-19)22-10-6-7-13-24-22/h2,6-7,10-15,19H,1,3-5,8-9,16H2/b17-15+. The fourth-order valence-corrected chi connectivity index (χ4v) is 3.85. The first-order chi connectivity index (χ1) is 13.8. The minimum absolute atomic E-state index is 0.0711. The molecule has 5 nitrogen and oxygen atoms in total. The van der Waals surface area contributed by atoms with Gasteiger partial charge in [0.2, 0.25) is 6.79 Å². The van der Waals surface area contributed by atoms with E-state index in [1.165, 1.54) is 6.42 Å². The molecule has 144 valence electrons. The Bertz CT molecular complexity index is 886. The topological polar surface area (TPSA) is 51.7 Å². The summed E-state index contributed by atoms with van der Waals surface area (Å²) < 4.78 is 10.8. The van der Waals surface area contributed by atoms with E-state index < -0.39 is 0 Å². The number of hydrogen-bond donors (Lipinski definition) is 0. The molecule has 0 bridgehead atoms. The molecule has 2 aliphatic rings. The molecule has 0 N–H and O–H groups in total. The predicted octanol–water partition coefficient (Wildman–Crippen LogP) is 4.75. The van der Waals surface area contributed by atoms with Crippen molar-refractivity contribution in [3.8, 4) is 11.5 Å². The zero-order chi connectivity index (χ0) is 19.3. The maximum atomic E-state index is 13.3. The van der Waals surface area contributed by atoms with E-state index in [1.54, 1.807) is 18.3 Å². The van der Waals surface area contributed by atoms with E-state index in [0.717, 1.165) is 42.6 Å². The summed E-state index contributed by atoms with van der Waals surface area (Å²) in [6.07, 6.45) is 10.6. The van der Waals surface area contributed by atoms with Crippen LogP contribution >= 0.6 is 0 Å². The number of benzene rings is 1. The van der Waals surface area contributed by atoms with Crippen molar-refractivity contribution in [2.75, 3.05) is 11.7 Å². The number of hydrogen-bond acceptors (Lipinski definition) is 4. The summed E-state index contributed by atoms with van der Waals surface area (Å²) in [6.45, 7) is 4.12. The number of aromatic nitrogens is 1. The number of pyridine rings is 1. The highest BCUT2D eigenvalue weighted by molar-refractivity contribution is 6.06. The summed E-state index contributed by atoms with van der Waals surface area (Å²) >= 11 is 0. The molecule has 5 heteroatoms. The van der Waals surface area contributed by atoms with Gasteiger partial charge in [-0.3, -0.25) is 9.69 Å². The number of carbonyl (C=O) groups excluding carboxylic acids is 1. The first-order valence-corrected chi connectivity index (χ1v) is 9.74. The molecule has 0 radical (unpaired) electrons. The molecule has 1 amide bonds. The van der Waals surface area contributed by atoms with Crippen molar-refractivity contribution in [3.05, 3.63) is 66.9 Å². The number of rotatable bonds is 5. The third kappa shape index (κ3) is 3.79. The van der Waals surface area contributed by atoms with Gasteiger partial charge in [0.25, 0.3) is 5.91 Å². The number of fused-ring (bicyclic) bond motifs is 1. The van der Waals surface area contributed by atoms with Gasteiger partial charge in [0, 0.05) is 18.3 Å². The molecule has 4 rings (SSSR count). The smallest absolute Gasteiger partial charge is 0.253 e. The van der Waals surface area contributed by atoms with E-state index >= 15 is 0 Å². The van der Waals surface area contributed by atoms with E-state index in [1.807, 2.05) is 41.3 Å². The number of amides is 1. The zero-order valence-corrected chi connectivity index (χ0v) is 15.8. The maximum Gasteiger partial charge on any atom is 0.253 e. The molecule has 1 aromatic heterocycles. The molecule has 0 spiro atoms. The molecule has 2 aromatic rings. The van der Waals surface area contributed by atoms with Crippen LogP contribution in [0.4, 0.5) is 5.82 Å². The molecule has 0 unspecified atom stereocenters. The minimum Gasteiger partial charge on any atom is -0.454 e. The highest BCUT2D eigenvalue weighted by atomic mass is 16.7. The fraction of sp³-hybridized carbons (Fsp3) is 0.304. The van der Waals surface area contributed by atoms with Crippen molar-refractivity contribution in [1.82, 2.24) is 4.98 Å². The van der Waals surface area contributed by atoms with Crippen LogP contribution in [0.25, 0.3) is 5.57 Å². The van der Waals surface area contributed by atoms with Gasteiger partial charge in [-0.25, -0.2) is 4.98 Å². The van der Waals surface area contributed by atoms with Crippen molar-refractivity contribution >= 4 is 17.3 Å². The Labute approximate surface area is 165 Å². The largest absolute Gasteiger partial charge is 0.454 e. The van der Waals surface area contributed by atoms with Crippen LogP contribution < -0.4 is 14.4 Å². The van der Waals surface area contributed by atoms with E-state index in [2.05, 4.69) is 11.6 Å². The van der Waals surface area contributed by atoms with Gasteiger partial charge in [0.05, 0.1) is 0 Å². The predicted molar refractivity (Wildman–Crippen MR) is 109 cm³/mol. The van der Waals surface area contributed by atoms with Gasteiger partial charge in [0.1, 0.15) is 5.82 Å². The molecular formula is C23H24N2O3. The molecule has 2 heterocycles. The highest BCUT2D eigenvalue weighted by Crippen LogP contribution is 2.35. The number of ether oxygens (including phenoxy) is 2. The average Bonchev–Trinajstić information content (AvgIpc) is 3.21. The van der Waals surface area contributed by atoms with Crippen molar-refractivity contribution in [2.45, 2.75) is 38.1 Å². The Kier molecular flexibility index (Phi) is 5.42. The average molecular weight is 376 g/mol.